The van der Waals surface area contributed by atoms with Crippen LogP contribution in [-0.4, -0.2) is 20.0 Å². The monoisotopic (exact) mass is 361 g/mol. The summed E-state index contributed by atoms with van der Waals surface area (Å²) in [6.07, 6.45) is 0.341. The number of para-hydroxylation sites is 1. The van der Waals surface area contributed by atoms with Crippen molar-refractivity contribution in [2.24, 2.45) is 0 Å². The minimum atomic E-state index is -0.145. The van der Waals surface area contributed by atoms with Crippen molar-refractivity contribution in [2.45, 2.75) is 12.5 Å². The van der Waals surface area contributed by atoms with Gasteiger partial charge in [-0.25, -0.2) is 0 Å². The van der Waals surface area contributed by atoms with Crippen molar-refractivity contribution >= 4 is 11.5 Å². The second-order valence-electron chi connectivity index (χ2n) is 6.19. The fourth-order valence-corrected chi connectivity index (χ4v) is 2.90. The molecule has 0 bridgehead atoms. The molecule has 0 heterocycles. The van der Waals surface area contributed by atoms with Gasteiger partial charge in [-0.2, -0.15) is 0 Å². The van der Waals surface area contributed by atoms with E-state index in [9.17, 15) is 4.79 Å². The number of hydrogen-bond acceptors (Lipinski definition) is 4. The summed E-state index contributed by atoms with van der Waals surface area (Å²) >= 11 is 0. The Hall–Kier alpha value is -3.27. The van der Waals surface area contributed by atoms with Crippen LogP contribution in [0.3, 0.4) is 0 Å². The van der Waals surface area contributed by atoms with E-state index in [1.807, 2.05) is 54.6 Å². The van der Waals surface area contributed by atoms with Crippen molar-refractivity contribution in [1.82, 2.24) is 0 Å². The molecule has 4 nitrogen and oxygen atoms in total. The van der Waals surface area contributed by atoms with Crippen LogP contribution in [0.15, 0.2) is 78.9 Å². The number of methoxy groups -OCH3 is 2. The van der Waals surface area contributed by atoms with Crippen LogP contribution in [0.4, 0.5) is 5.69 Å². The predicted octanol–water partition coefficient (Wildman–Crippen LogP) is 5.13. The molecular formula is C23H23NO3. The highest BCUT2D eigenvalue weighted by atomic mass is 16.5. The third-order valence-corrected chi connectivity index (χ3v) is 4.43. The van der Waals surface area contributed by atoms with Crippen LogP contribution in [0.2, 0.25) is 0 Å². The summed E-state index contributed by atoms with van der Waals surface area (Å²) in [7, 11) is 3.25. The maximum atomic E-state index is 12.8. The van der Waals surface area contributed by atoms with Gasteiger partial charge in [-0.1, -0.05) is 30.3 Å². The Morgan fingerprint density at radius 3 is 1.93 bits per heavy atom. The molecule has 0 aliphatic carbocycles. The Morgan fingerprint density at radius 2 is 1.37 bits per heavy atom. The van der Waals surface area contributed by atoms with E-state index >= 15 is 0 Å². The molecule has 0 saturated carbocycles. The summed E-state index contributed by atoms with van der Waals surface area (Å²) in [5, 5.41) is 3.47. The van der Waals surface area contributed by atoms with E-state index in [-0.39, 0.29) is 11.8 Å². The second-order valence-corrected chi connectivity index (χ2v) is 6.19. The molecule has 3 aromatic rings. The number of carbonyl (C=O) groups excluding carboxylic acids is 1. The zero-order valence-corrected chi connectivity index (χ0v) is 15.5. The molecule has 0 amide bonds. The zero-order valence-electron chi connectivity index (χ0n) is 15.5. The van der Waals surface area contributed by atoms with Gasteiger partial charge in [0.05, 0.1) is 20.3 Å². The van der Waals surface area contributed by atoms with Crippen molar-refractivity contribution in [3.63, 3.8) is 0 Å². The first-order valence-electron chi connectivity index (χ1n) is 8.82. The fourth-order valence-electron chi connectivity index (χ4n) is 2.90. The molecular weight excluding hydrogens is 338 g/mol. The first-order valence-corrected chi connectivity index (χ1v) is 8.82. The fraction of sp³-hybridized carbons (Fsp3) is 0.174. The van der Waals surface area contributed by atoms with Crippen molar-refractivity contribution < 1.29 is 14.3 Å². The smallest absolute Gasteiger partial charge is 0.165 e. The molecule has 1 N–H and O–H groups in total. The molecule has 0 fully saturated rings. The summed E-state index contributed by atoms with van der Waals surface area (Å²) in [6.45, 7) is 0. The van der Waals surface area contributed by atoms with E-state index < -0.39 is 0 Å². The van der Waals surface area contributed by atoms with Gasteiger partial charge in [0.1, 0.15) is 11.5 Å². The Balaban J connectivity index is 1.82. The molecule has 1 atom stereocenters. The zero-order chi connectivity index (χ0) is 19.1. The van der Waals surface area contributed by atoms with Crippen molar-refractivity contribution in [3.05, 3.63) is 90.0 Å². The van der Waals surface area contributed by atoms with Crippen LogP contribution in [0.25, 0.3) is 0 Å². The molecule has 0 spiro atoms. The molecule has 0 aliphatic heterocycles. The largest absolute Gasteiger partial charge is 0.497 e. The van der Waals surface area contributed by atoms with Gasteiger partial charge >= 0.3 is 0 Å². The first kappa shape index (κ1) is 18.5. The quantitative estimate of drug-likeness (QED) is 0.565. The Labute approximate surface area is 159 Å². The molecule has 0 aliphatic rings. The van der Waals surface area contributed by atoms with Crippen LogP contribution in [0.5, 0.6) is 11.5 Å². The van der Waals surface area contributed by atoms with E-state index in [1.54, 1.807) is 38.5 Å². The molecule has 0 radical (unpaired) electrons. The lowest BCUT2D eigenvalue weighted by Crippen LogP contribution is -2.15. The number of Topliss-reactive ketones (excluding diaryl/α,β-unsaturated/α-hetero) is 1. The van der Waals surface area contributed by atoms with Crippen molar-refractivity contribution in [2.75, 3.05) is 19.5 Å². The van der Waals surface area contributed by atoms with Crippen LogP contribution < -0.4 is 14.8 Å². The number of ether oxygens (including phenoxy) is 2. The Bertz CT molecular complexity index is 858. The molecule has 0 saturated heterocycles. The Morgan fingerprint density at radius 1 is 0.815 bits per heavy atom. The number of anilines is 1. The van der Waals surface area contributed by atoms with Gasteiger partial charge in [0, 0.05) is 17.7 Å². The van der Waals surface area contributed by atoms with Gasteiger partial charge in [0.25, 0.3) is 0 Å². The number of benzene rings is 3. The topological polar surface area (TPSA) is 47.6 Å². The van der Waals surface area contributed by atoms with E-state index in [1.165, 1.54) is 0 Å². The maximum Gasteiger partial charge on any atom is 0.165 e. The van der Waals surface area contributed by atoms with Gasteiger partial charge in [-0.3, -0.25) is 4.79 Å². The number of rotatable bonds is 8. The number of ketones is 1. The Kier molecular flexibility index (Phi) is 6.10. The third-order valence-electron chi connectivity index (χ3n) is 4.43. The summed E-state index contributed by atoms with van der Waals surface area (Å²) in [5.74, 6) is 1.60. The van der Waals surface area contributed by atoms with Gasteiger partial charge in [-0.15, -0.1) is 0 Å². The number of nitrogens with one attached hydrogen (secondary N) is 1. The van der Waals surface area contributed by atoms with Gasteiger partial charge in [-0.05, 0) is 54.1 Å². The van der Waals surface area contributed by atoms with Gasteiger partial charge in [0.15, 0.2) is 5.78 Å². The van der Waals surface area contributed by atoms with Gasteiger partial charge in [0.2, 0.25) is 0 Å². The highest BCUT2D eigenvalue weighted by molar-refractivity contribution is 5.96. The average molecular weight is 361 g/mol. The summed E-state index contributed by atoms with van der Waals surface area (Å²) < 4.78 is 10.4. The first-order chi connectivity index (χ1) is 13.2. The lowest BCUT2D eigenvalue weighted by Gasteiger charge is -2.20. The van der Waals surface area contributed by atoms with Crippen LogP contribution in [-0.2, 0) is 0 Å². The molecule has 1 unspecified atom stereocenters. The van der Waals surface area contributed by atoms with E-state index in [2.05, 4.69) is 5.32 Å². The summed E-state index contributed by atoms with van der Waals surface area (Å²) in [6, 6.07) is 24.8. The lowest BCUT2D eigenvalue weighted by atomic mass is 9.97. The van der Waals surface area contributed by atoms with Crippen molar-refractivity contribution in [3.8, 4) is 11.5 Å². The molecule has 138 valence electrons. The highest BCUT2D eigenvalue weighted by Crippen LogP contribution is 2.26. The highest BCUT2D eigenvalue weighted by Gasteiger charge is 2.17. The minimum Gasteiger partial charge on any atom is -0.497 e. The van der Waals surface area contributed by atoms with Crippen molar-refractivity contribution in [1.29, 1.82) is 0 Å². The molecule has 27 heavy (non-hydrogen) atoms. The lowest BCUT2D eigenvalue weighted by molar-refractivity contribution is 0.0976. The third kappa shape index (κ3) is 4.88. The number of carbonyl (C=O) groups is 1. The van der Waals surface area contributed by atoms with E-state index in [4.69, 9.17) is 9.47 Å². The second kappa shape index (κ2) is 8.90. The standard InChI is InChI=1S/C23H23NO3/c1-26-20-12-8-17(9-13-20)22(24-19-6-4-3-5-7-19)16-23(25)18-10-14-21(27-2)15-11-18/h3-15,22,24H,16H2,1-2H3. The molecule has 3 rings (SSSR count). The average Bonchev–Trinajstić information content (AvgIpc) is 2.74. The van der Waals surface area contributed by atoms with E-state index in [0.29, 0.717) is 12.0 Å². The van der Waals surface area contributed by atoms with E-state index in [0.717, 1.165) is 22.7 Å². The minimum absolute atomic E-state index is 0.0712. The van der Waals surface area contributed by atoms with Crippen LogP contribution >= 0.6 is 0 Å². The SMILES string of the molecule is COc1ccc(C(=O)CC(Nc2ccccc2)c2ccc(OC)cc2)cc1. The predicted molar refractivity (Wildman–Crippen MR) is 108 cm³/mol. The maximum absolute atomic E-state index is 12.8. The molecule has 4 heteroatoms. The summed E-state index contributed by atoms with van der Waals surface area (Å²) in [4.78, 5) is 12.8. The molecule has 0 aromatic heterocycles. The molecule has 3 aromatic carbocycles. The number of hydrogen-bond donors (Lipinski definition) is 1. The van der Waals surface area contributed by atoms with Gasteiger partial charge < -0.3 is 14.8 Å². The normalized spacial score (nSPS) is 11.5. The summed E-state index contributed by atoms with van der Waals surface area (Å²) in [5.41, 5.74) is 2.67. The van der Waals surface area contributed by atoms with Crippen LogP contribution in [0.1, 0.15) is 28.4 Å². The van der Waals surface area contributed by atoms with Crippen LogP contribution in [0, 0.1) is 0 Å².